The minimum Gasteiger partial charge on any atom is -0.324 e. The van der Waals surface area contributed by atoms with Crippen LogP contribution in [0.5, 0.6) is 0 Å². The van der Waals surface area contributed by atoms with Crippen LogP contribution < -0.4 is 5.32 Å². The van der Waals surface area contributed by atoms with Crippen molar-refractivity contribution in [2.24, 2.45) is 0 Å². The van der Waals surface area contributed by atoms with Gasteiger partial charge in [0.2, 0.25) is 5.95 Å². The largest absolute Gasteiger partial charge is 0.324 e. The molecule has 2 aromatic heterocycles. The van der Waals surface area contributed by atoms with Crippen molar-refractivity contribution in [3.05, 3.63) is 58.9 Å². The first-order valence-corrected chi connectivity index (χ1v) is 7.51. The zero-order valence-electron chi connectivity index (χ0n) is 11.2. The average Bonchev–Trinajstić information content (AvgIpc) is 3.02. The minimum atomic E-state index is 0.627. The quantitative estimate of drug-likeness (QED) is 0.764. The van der Waals surface area contributed by atoms with E-state index in [1.807, 2.05) is 18.2 Å². The maximum absolute atomic E-state index is 4.55. The molecule has 0 aliphatic rings. The fourth-order valence-electron chi connectivity index (χ4n) is 1.99. The highest BCUT2D eigenvalue weighted by Gasteiger charge is 2.03. The SMILES string of the molecule is CCc1cccc(Nc2nccc(-c3ccsc3)n2)c1. The molecule has 0 bridgehead atoms. The van der Waals surface area contributed by atoms with Crippen LogP contribution in [0.4, 0.5) is 11.6 Å². The van der Waals surface area contributed by atoms with Crippen LogP contribution in [0.3, 0.4) is 0 Å². The molecule has 100 valence electrons. The third kappa shape index (κ3) is 2.86. The summed E-state index contributed by atoms with van der Waals surface area (Å²) in [7, 11) is 0. The van der Waals surface area contributed by atoms with Gasteiger partial charge in [0.05, 0.1) is 5.69 Å². The number of rotatable bonds is 4. The molecule has 3 aromatic rings. The molecule has 0 saturated heterocycles. The molecule has 0 amide bonds. The van der Waals surface area contributed by atoms with Crippen molar-refractivity contribution < 1.29 is 0 Å². The minimum absolute atomic E-state index is 0.627. The van der Waals surface area contributed by atoms with E-state index in [0.29, 0.717) is 5.95 Å². The second-order valence-corrected chi connectivity index (χ2v) is 5.24. The van der Waals surface area contributed by atoms with Crippen molar-refractivity contribution >= 4 is 23.0 Å². The molecule has 1 aromatic carbocycles. The lowest BCUT2D eigenvalue weighted by molar-refractivity contribution is 1.13. The third-order valence-corrected chi connectivity index (χ3v) is 3.75. The van der Waals surface area contributed by atoms with Gasteiger partial charge in [0.1, 0.15) is 0 Å². The molecule has 0 fully saturated rings. The highest BCUT2D eigenvalue weighted by molar-refractivity contribution is 7.08. The second-order valence-electron chi connectivity index (χ2n) is 4.46. The van der Waals surface area contributed by atoms with Gasteiger partial charge in [-0.1, -0.05) is 19.1 Å². The molecule has 1 N–H and O–H groups in total. The van der Waals surface area contributed by atoms with Gasteiger partial charge in [0.15, 0.2) is 0 Å². The molecular weight excluding hydrogens is 266 g/mol. The van der Waals surface area contributed by atoms with Gasteiger partial charge in [-0.15, -0.1) is 0 Å². The number of aromatic nitrogens is 2. The highest BCUT2D eigenvalue weighted by atomic mass is 32.1. The predicted molar refractivity (Wildman–Crippen MR) is 84.4 cm³/mol. The molecule has 4 heteroatoms. The van der Waals surface area contributed by atoms with E-state index in [9.17, 15) is 0 Å². The number of benzene rings is 1. The molecule has 3 nitrogen and oxygen atoms in total. The van der Waals surface area contributed by atoms with E-state index >= 15 is 0 Å². The highest BCUT2D eigenvalue weighted by Crippen LogP contribution is 2.21. The number of hydrogen-bond acceptors (Lipinski definition) is 4. The number of nitrogens with one attached hydrogen (secondary N) is 1. The smallest absolute Gasteiger partial charge is 0.227 e. The Morgan fingerprint density at radius 1 is 1.20 bits per heavy atom. The van der Waals surface area contributed by atoms with Gasteiger partial charge in [-0.3, -0.25) is 0 Å². The van der Waals surface area contributed by atoms with Crippen molar-refractivity contribution in [2.75, 3.05) is 5.32 Å². The van der Waals surface area contributed by atoms with Gasteiger partial charge in [-0.05, 0) is 41.6 Å². The predicted octanol–water partition coefficient (Wildman–Crippen LogP) is 4.51. The van der Waals surface area contributed by atoms with Crippen molar-refractivity contribution in [2.45, 2.75) is 13.3 Å². The maximum Gasteiger partial charge on any atom is 0.227 e. The molecular formula is C16H15N3S. The summed E-state index contributed by atoms with van der Waals surface area (Å²) >= 11 is 1.67. The molecule has 0 radical (unpaired) electrons. The number of hydrogen-bond donors (Lipinski definition) is 1. The average molecular weight is 281 g/mol. The van der Waals surface area contributed by atoms with Gasteiger partial charge in [0.25, 0.3) is 0 Å². The van der Waals surface area contributed by atoms with Crippen LogP contribution in [0.1, 0.15) is 12.5 Å². The summed E-state index contributed by atoms with van der Waals surface area (Å²) in [4.78, 5) is 8.83. The summed E-state index contributed by atoms with van der Waals surface area (Å²) in [5, 5.41) is 7.40. The summed E-state index contributed by atoms with van der Waals surface area (Å²) in [6, 6.07) is 12.3. The van der Waals surface area contributed by atoms with E-state index < -0.39 is 0 Å². The van der Waals surface area contributed by atoms with Crippen LogP contribution in [0, 0.1) is 0 Å². The summed E-state index contributed by atoms with van der Waals surface area (Å²) in [6.07, 6.45) is 2.80. The molecule has 3 rings (SSSR count). The Balaban J connectivity index is 1.85. The molecule has 20 heavy (non-hydrogen) atoms. The Morgan fingerprint density at radius 3 is 2.95 bits per heavy atom. The fourth-order valence-corrected chi connectivity index (χ4v) is 2.64. The van der Waals surface area contributed by atoms with Crippen LogP contribution in [0.25, 0.3) is 11.3 Å². The summed E-state index contributed by atoms with van der Waals surface area (Å²) in [5.41, 5.74) is 4.38. The van der Waals surface area contributed by atoms with Gasteiger partial charge < -0.3 is 5.32 Å². The van der Waals surface area contributed by atoms with Gasteiger partial charge in [-0.2, -0.15) is 11.3 Å². The zero-order valence-corrected chi connectivity index (χ0v) is 12.0. The second kappa shape index (κ2) is 5.84. The molecule has 2 heterocycles. The number of aryl methyl sites for hydroxylation is 1. The first-order chi connectivity index (χ1) is 9.85. The molecule has 0 aliphatic heterocycles. The van der Waals surface area contributed by atoms with E-state index in [0.717, 1.165) is 23.4 Å². The molecule has 0 saturated carbocycles. The van der Waals surface area contributed by atoms with Crippen molar-refractivity contribution in [1.29, 1.82) is 0 Å². The first-order valence-electron chi connectivity index (χ1n) is 6.57. The van der Waals surface area contributed by atoms with Gasteiger partial charge in [0, 0.05) is 22.8 Å². The van der Waals surface area contributed by atoms with Crippen molar-refractivity contribution in [3.8, 4) is 11.3 Å². The van der Waals surface area contributed by atoms with E-state index in [1.165, 1.54) is 5.56 Å². The van der Waals surface area contributed by atoms with Crippen LogP contribution in [-0.2, 0) is 6.42 Å². The van der Waals surface area contributed by atoms with E-state index in [-0.39, 0.29) is 0 Å². The van der Waals surface area contributed by atoms with Crippen LogP contribution >= 0.6 is 11.3 Å². The Morgan fingerprint density at radius 2 is 2.15 bits per heavy atom. The standard InChI is InChI=1S/C16H15N3S/c1-2-12-4-3-5-14(10-12)18-16-17-8-6-15(19-16)13-7-9-20-11-13/h3-11H,2H2,1H3,(H,17,18,19). The van der Waals surface area contributed by atoms with Crippen molar-refractivity contribution in [3.63, 3.8) is 0 Å². The normalized spacial score (nSPS) is 10.4. The molecule has 0 atom stereocenters. The van der Waals surface area contributed by atoms with Gasteiger partial charge in [-0.25, -0.2) is 9.97 Å². The third-order valence-electron chi connectivity index (χ3n) is 3.06. The number of anilines is 2. The Kier molecular flexibility index (Phi) is 3.74. The van der Waals surface area contributed by atoms with Crippen LogP contribution in [0.15, 0.2) is 53.4 Å². The number of nitrogens with zero attached hydrogens (tertiary/aromatic N) is 2. The molecule has 0 aliphatic carbocycles. The lowest BCUT2D eigenvalue weighted by Crippen LogP contribution is -1.98. The monoisotopic (exact) mass is 281 g/mol. The lowest BCUT2D eigenvalue weighted by Gasteiger charge is -2.07. The Hall–Kier alpha value is -2.20. The maximum atomic E-state index is 4.55. The van der Waals surface area contributed by atoms with E-state index in [4.69, 9.17) is 0 Å². The lowest BCUT2D eigenvalue weighted by atomic mass is 10.1. The first kappa shape index (κ1) is 12.8. The fraction of sp³-hybridized carbons (Fsp3) is 0.125. The summed E-state index contributed by atoms with van der Waals surface area (Å²) in [6.45, 7) is 2.15. The van der Waals surface area contributed by atoms with Crippen LogP contribution in [0.2, 0.25) is 0 Å². The van der Waals surface area contributed by atoms with Crippen LogP contribution in [-0.4, -0.2) is 9.97 Å². The zero-order chi connectivity index (χ0) is 13.8. The van der Waals surface area contributed by atoms with Crippen molar-refractivity contribution in [1.82, 2.24) is 9.97 Å². The topological polar surface area (TPSA) is 37.8 Å². The van der Waals surface area contributed by atoms with E-state index in [1.54, 1.807) is 17.5 Å². The van der Waals surface area contributed by atoms with Gasteiger partial charge >= 0.3 is 0 Å². The summed E-state index contributed by atoms with van der Waals surface area (Å²) in [5.74, 6) is 0.627. The summed E-state index contributed by atoms with van der Waals surface area (Å²) < 4.78 is 0. The number of thiophene rings is 1. The van der Waals surface area contributed by atoms with E-state index in [2.05, 4.69) is 51.2 Å². The molecule has 0 unspecified atom stereocenters. The molecule has 0 spiro atoms. The Labute approximate surface area is 122 Å². The Bertz CT molecular complexity index is 692.